The number of hydrogen-bond donors (Lipinski definition) is 7. The van der Waals surface area contributed by atoms with Gasteiger partial charge < -0.3 is 34.9 Å². The number of hydrogen-bond acceptors (Lipinski definition) is 18. The van der Waals surface area contributed by atoms with Gasteiger partial charge in [-0.25, -0.2) is 54.1 Å². The topological polar surface area (TPSA) is 331 Å². The number of aromatic nitrogens is 7. The lowest BCUT2D eigenvalue weighted by atomic mass is 9.85. The Morgan fingerprint density at radius 3 is 0.810 bits per heavy atom. The van der Waals surface area contributed by atoms with Crippen LogP contribution in [0.25, 0.3) is 76.3 Å². The Hall–Kier alpha value is -12.8. The molecule has 7 amide bonds. The van der Waals surface area contributed by atoms with E-state index in [2.05, 4.69) is 324 Å². The Kier molecular flexibility index (Phi) is 38.5. The first-order valence-corrected chi connectivity index (χ1v) is 52.3. The average molecular weight is 2120 g/mol. The van der Waals surface area contributed by atoms with Crippen LogP contribution < -0.4 is 37.2 Å². The second-order valence-electron chi connectivity index (χ2n) is 44.2. The number of ether oxygens (including phenoxy) is 4. The SMILES string of the molecule is CC(C)(C)c1ccc2cc(Br)c(NC(=O)C3CCC3)nc2c1.CC(C)(C)c1ccc2cc(Cl)c(NC(=O)C3CCC3)nc2c1.CC(C)(C)c1ccc2ccc(NC(=O)C3CCC3)nc2c1.CCOC(=O)Nc1ccc2cc(C(C)(C)C)ccc2n1.CCOC(=O)Nc1ccc2ccc(C(C)(C)C)cc2n1.CCOC(=O)Nc1nc2cc(C(C)(C)C)ccc2cc1Cl.CCOC(=O)Nc1nc2ccc(C(C)(C)C)cc2cc1Cl. The molecule has 147 heavy (non-hydrogen) atoms. The molecule has 17 rings (SSSR count). The van der Waals surface area contributed by atoms with Crippen molar-refractivity contribution in [3.8, 4) is 0 Å². The molecule has 7 aromatic carbocycles. The van der Waals surface area contributed by atoms with Crippen LogP contribution in [0.15, 0.2) is 193 Å². The first-order chi connectivity index (χ1) is 69.0. The maximum Gasteiger partial charge on any atom is 0.412 e. The molecule has 0 unspecified atom stereocenters. The maximum absolute atomic E-state index is 12.1. The monoisotopic (exact) mass is 2110 g/mol. The van der Waals surface area contributed by atoms with Gasteiger partial charge in [0, 0.05) is 55.5 Å². The standard InChI is InChI=1S/C18H21BrN2O.C18H21ClN2O.C18H22N2O.2C16H19ClN2O2.2C16H20N2O2/c2*1-18(2,3)13-8-7-12-9-14(19)16(20-15(12)10-13)21-17(22)11-5-4-6-11;1-18(2,3)14-9-7-12-8-10-16(19-15(12)11-14)20-17(21)13-5-4-6-13;1-5-21-15(20)19-14-12(17)9-10-8-11(16(2,3)4)6-7-13(10)18-14;1-5-21-15(20)19-14-12(17)8-10-6-7-11(16(2,3)4)9-13(10)18-14;1-5-20-15(19)18-14-9-6-11-10-12(16(2,3)4)7-8-13(11)17-14;1-5-20-15(19)18-14-9-7-11-6-8-12(16(2,3)4)10-13(11)17-14/h2*7-11H,4-6H2,1-3H3,(H,20,21,22);7-11,13H,4-6H2,1-3H3,(H,19,20,21);2*6-9H,5H2,1-4H3,(H,18,19,20);2*6-10H,5H2,1-4H3,(H,17,18,19). The second-order valence-corrected chi connectivity index (χ2v) is 46.3. The molecule has 3 aliphatic rings. The number of fused-ring (bicyclic) bond motifs is 7. The number of pyridine rings is 7. The summed E-state index contributed by atoms with van der Waals surface area (Å²) >= 11 is 22.1. The summed E-state index contributed by atoms with van der Waals surface area (Å²) in [5.41, 5.74) is 15.1. The quantitative estimate of drug-likeness (QED) is 0.0497. The molecule has 0 saturated heterocycles. The molecule has 3 saturated carbocycles. The Balaban J connectivity index is 0.000000163. The van der Waals surface area contributed by atoms with E-state index in [1.165, 1.54) is 38.9 Å². The summed E-state index contributed by atoms with van der Waals surface area (Å²) in [6, 6.07) is 62.3. The van der Waals surface area contributed by atoms with E-state index < -0.39 is 24.4 Å². The first kappa shape index (κ1) is 115. The highest BCUT2D eigenvalue weighted by atomic mass is 79.9. The number of amides is 7. The van der Waals surface area contributed by atoms with Crippen molar-refractivity contribution in [1.29, 1.82) is 0 Å². The lowest BCUT2D eigenvalue weighted by Crippen LogP contribution is -2.28. The van der Waals surface area contributed by atoms with Crippen LogP contribution in [0.2, 0.25) is 15.1 Å². The summed E-state index contributed by atoms with van der Waals surface area (Å²) in [4.78, 5) is 113. The van der Waals surface area contributed by atoms with Gasteiger partial charge in [-0.15, -0.1) is 0 Å². The molecule has 7 heterocycles. The highest BCUT2D eigenvalue weighted by molar-refractivity contribution is 9.10. The van der Waals surface area contributed by atoms with Crippen molar-refractivity contribution < 1.29 is 52.5 Å². The number of anilines is 7. The molecule has 3 fully saturated rings. The van der Waals surface area contributed by atoms with Gasteiger partial charge >= 0.3 is 24.4 Å². The molecule has 0 aliphatic heterocycles. The Morgan fingerprint density at radius 2 is 0.483 bits per heavy atom. The van der Waals surface area contributed by atoms with Crippen molar-refractivity contribution >= 4 is 210 Å². The van der Waals surface area contributed by atoms with E-state index in [1.807, 2.05) is 72.8 Å². The molecule has 3 aliphatic carbocycles. The largest absolute Gasteiger partial charge is 0.450 e. The molecular weight excluding hydrogens is 1980 g/mol. The highest BCUT2D eigenvalue weighted by Crippen LogP contribution is 2.40. The molecule has 0 spiro atoms. The number of rotatable bonds is 14. The molecule has 25 nitrogen and oxygen atoms in total. The molecule has 778 valence electrons. The van der Waals surface area contributed by atoms with Crippen LogP contribution >= 0.6 is 50.7 Å². The minimum atomic E-state index is -0.558. The van der Waals surface area contributed by atoms with E-state index in [0.29, 0.717) is 82.2 Å². The third-order valence-electron chi connectivity index (χ3n) is 25.4. The predicted octanol–water partition coefficient (Wildman–Crippen LogP) is 31.9. The summed E-state index contributed by atoms with van der Waals surface area (Å²) in [5, 5.41) is 27.5. The molecule has 7 aromatic heterocycles. The van der Waals surface area contributed by atoms with Crippen LogP contribution in [0.1, 0.15) is 270 Å². The minimum Gasteiger partial charge on any atom is -0.450 e. The van der Waals surface area contributed by atoms with Crippen LogP contribution in [-0.4, -0.2) is 103 Å². The van der Waals surface area contributed by atoms with Gasteiger partial charge in [-0.05, 0) is 274 Å². The van der Waals surface area contributed by atoms with Crippen molar-refractivity contribution in [2.24, 2.45) is 17.8 Å². The summed E-state index contributed by atoms with van der Waals surface area (Å²) in [6.07, 6.45) is 7.30. The molecular formula is C118H142BrCl3N14O11. The van der Waals surface area contributed by atoms with E-state index >= 15 is 0 Å². The lowest BCUT2D eigenvalue weighted by Gasteiger charge is -2.24. The number of benzene rings is 7. The van der Waals surface area contributed by atoms with Crippen molar-refractivity contribution in [2.75, 3.05) is 63.6 Å². The van der Waals surface area contributed by atoms with Crippen LogP contribution in [-0.2, 0) is 71.2 Å². The third-order valence-corrected chi connectivity index (χ3v) is 26.9. The summed E-state index contributed by atoms with van der Waals surface area (Å²) in [5.74, 6) is 4.07. The fourth-order valence-corrected chi connectivity index (χ4v) is 16.6. The molecule has 0 atom stereocenters. The van der Waals surface area contributed by atoms with E-state index in [-0.39, 0.29) is 73.4 Å². The Morgan fingerprint density at radius 1 is 0.259 bits per heavy atom. The van der Waals surface area contributed by atoms with Gasteiger partial charge in [0.05, 0.1) is 84.6 Å². The molecule has 0 bridgehead atoms. The van der Waals surface area contributed by atoms with Crippen molar-refractivity contribution in [3.05, 3.63) is 247 Å². The molecule has 14 aromatic rings. The third kappa shape index (κ3) is 32.6. The van der Waals surface area contributed by atoms with Gasteiger partial charge in [-0.1, -0.05) is 272 Å². The van der Waals surface area contributed by atoms with Crippen LogP contribution in [0.4, 0.5) is 59.9 Å². The highest BCUT2D eigenvalue weighted by Gasteiger charge is 2.31. The normalized spacial score (nSPS) is 13.3. The van der Waals surface area contributed by atoms with Gasteiger partial charge in [0.1, 0.15) is 23.3 Å². The van der Waals surface area contributed by atoms with Crippen LogP contribution in [0, 0.1) is 17.8 Å². The number of nitrogens with one attached hydrogen (secondary N) is 7. The van der Waals surface area contributed by atoms with Crippen molar-refractivity contribution in [3.63, 3.8) is 0 Å². The second kappa shape index (κ2) is 49.4. The first-order valence-electron chi connectivity index (χ1n) is 50.4. The Bertz CT molecular complexity index is 7000. The van der Waals surface area contributed by atoms with E-state index in [4.69, 9.17) is 53.8 Å². The maximum atomic E-state index is 12.1. The van der Waals surface area contributed by atoms with Crippen molar-refractivity contribution in [2.45, 2.75) is 269 Å². The van der Waals surface area contributed by atoms with E-state index in [1.54, 1.807) is 52.0 Å². The zero-order chi connectivity index (χ0) is 108. The van der Waals surface area contributed by atoms with Crippen LogP contribution in [0.5, 0.6) is 0 Å². The average Bonchev–Trinajstić information content (AvgIpc) is 0.783. The number of nitrogens with zero attached hydrogens (tertiary/aromatic N) is 7. The minimum absolute atomic E-state index is 0.0320. The molecule has 0 radical (unpaired) electrons. The van der Waals surface area contributed by atoms with E-state index in [9.17, 15) is 33.6 Å². The van der Waals surface area contributed by atoms with Gasteiger partial charge in [0.2, 0.25) is 17.7 Å². The summed E-state index contributed by atoms with van der Waals surface area (Å²) in [6.45, 7) is 53.8. The lowest BCUT2D eigenvalue weighted by molar-refractivity contribution is -0.122. The molecule has 29 heteroatoms. The zero-order valence-electron chi connectivity index (χ0n) is 89.5. The van der Waals surface area contributed by atoms with Gasteiger partial charge in [0.15, 0.2) is 17.5 Å². The summed E-state index contributed by atoms with van der Waals surface area (Å²) < 4.78 is 20.2. The Labute approximate surface area is 887 Å². The van der Waals surface area contributed by atoms with Gasteiger partial charge in [0.25, 0.3) is 0 Å². The molecule has 7 N–H and O–H groups in total. The number of carbonyl (C=O) groups is 7. The fraction of sp³-hybridized carbons (Fsp3) is 0.407. The van der Waals surface area contributed by atoms with Gasteiger partial charge in [-0.2, -0.15) is 0 Å². The number of carbonyl (C=O) groups excluding carboxylic acids is 7. The summed E-state index contributed by atoms with van der Waals surface area (Å²) in [7, 11) is 0. The number of halogens is 4. The van der Waals surface area contributed by atoms with Crippen molar-refractivity contribution in [1.82, 2.24) is 34.9 Å². The predicted molar refractivity (Wildman–Crippen MR) is 606 cm³/mol. The smallest absolute Gasteiger partial charge is 0.412 e. The zero-order valence-corrected chi connectivity index (χ0v) is 93.3. The van der Waals surface area contributed by atoms with Crippen LogP contribution in [0.3, 0.4) is 0 Å². The fourth-order valence-electron chi connectivity index (χ4n) is 15.5. The van der Waals surface area contributed by atoms with E-state index in [0.717, 1.165) is 139 Å². The van der Waals surface area contributed by atoms with Gasteiger partial charge in [-0.3, -0.25) is 35.7 Å².